The average molecular weight is 463 g/mol. The maximum absolute atomic E-state index is 13.3. The van der Waals surface area contributed by atoms with E-state index in [2.05, 4.69) is 5.32 Å². The predicted octanol–water partition coefficient (Wildman–Crippen LogP) is 5.19. The summed E-state index contributed by atoms with van der Waals surface area (Å²) in [5.41, 5.74) is 1.87. The third-order valence-electron chi connectivity index (χ3n) is 5.54. The number of halogens is 2. The molecule has 0 bridgehead atoms. The van der Waals surface area contributed by atoms with Crippen LogP contribution >= 0.6 is 23.4 Å². The number of carbonyl (C=O) groups excluding carboxylic acids is 2. The second-order valence-electron chi connectivity index (χ2n) is 7.93. The molecule has 166 valence electrons. The van der Waals surface area contributed by atoms with Gasteiger partial charge < -0.3 is 10.2 Å². The Morgan fingerprint density at radius 1 is 1.10 bits per heavy atom. The van der Waals surface area contributed by atoms with E-state index in [1.165, 1.54) is 23.9 Å². The summed E-state index contributed by atoms with van der Waals surface area (Å²) < 4.78 is 13.3. The summed E-state index contributed by atoms with van der Waals surface area (Å²) in [6.07, 6.45) is 4.22. The number of amides is 2. The Kier molecular flexibility index (Phi) is 8.79. The lowest BCUT2D eigenvalue weighted by atomic mass is 10.1. The number of hydrogen-bond donors (Lipinski definition) is 1. The molecule has 1 atom stereocenters. The summed E-state index contributed by atoms with van der Waals surface area (Å²) in [5, 5.41) is 3.76. The fraction of sp³-hybridized carbons (Fsp3) is 0.417. The molecular formula is C24H28ClFN2O2S. The highest BCUT2D eigenvalue weighted by molar-refractivity contribution is 7.99. The van der Waals surface area contributed by atoms with Crippen LogP contribution < -0.4 is 5.32 Å². The first-order valence-electron chi connectivity index (χ1n) is 10.6. The Hall–Kier alpha value is -2.05. The number of hydrogen-bond acceptors (Lipinski definition) is 3. The van der Waals surface area contributed by atoms with Crippen molar-refractivity contribution in [2.75, 3.05) is 5.75 Å². The first-order chi connectivity index (χ1) is 14.9. The zero-order chi connectivity index (χ0) is 22.2. The molecule has 1 fully saturated rings. The van der Waals surface area contributed by atoms with Crippen molar-refractivity contribution in [2.45, 2.75) is 57.0 Å². The standard InChI is InChI=1S/C24H28ClFN2O2S/c1-17(24(30)27-22-4-2-3-5-22)28(14-18-8-12-21(26)13-9-18)23(29)16-31-15-19-6-10-20(25)11-7-19/h6-13,17,22H,2-5,14-16H2,1H3,(H,27,30)/t17-/m0/s1. The molecule has 1 aliphatic rings. The van der Waals surface area contributed by atoms with Gasteiger partial charge in [-0.2, -0.15) is 0 Å². The first kappa shape index (κ1) is 23.6. The van der Waals surface area contributed by atoms with Crippen molar-refractivity contribution in [1.29, 1.82) is 0 Å². The molecule has 0 saturated heterocycles. The van der Waals surface area contributed by atoms with Crippen LogP contribution in [0.2, 0.25) is 5.02 Å². The maximum Gasteiger partial charge on any atom is 0.242 e. The van der Waals surface area contributed by atoms with E-state index in [9.17, 15) is 14.0 Å². The monoisotopic (exact) mass is 462 g/mol. The Morgan fingerprint density at radius 3 is 2.35 bits per heavy atom. The maximum atomic E-state index is 13.3. The topological polar surface area (TPSA) is 49.4 Å². The lowest BCUT2D eigenvalue weighted by Gasteiger charge is -2.29. The summed E-state index contributed by atoms with van der Waals surface area (Å²) in [6.45, 7) is 2.02. The first-order valence-corrected chi connectivity index (χ1v) is 12.1. The number of rotatable bonds is 9. The minimum absolute atomic E-state index is 0.114. The van der Waals surface area contributed by atoms with Gasteiger partial charge in [0.25, 0.3) is 0 Å². The van der Waals surface area contributed by atoms with Crippen molar-refractivity contribution >= 4 is 35.2 Å². The van der Waals surface area contributed by atoms with E-state index in [0.29, 0.717) is 10.8 Å². The molecule has 0 aliphatic heterocycles. The van der Waals surface area contributed by atoms with Crippen molar-refractivity contribution in [3.8, 4) is 0 Å². The van der Waals surface area contributed by atoms with Crippen molar-refractivity contribution in [3.05, 3.63) is 70.5 Å². The van der Waals surface area contributed by atoms with E-state index >= 15 is 0 Å². The van der Waals surface area contributed by atoms with E-state index < -0.39 is 6.04 Å². The van der Waals surface area contributed by atoms with Crippen LogP contribution in [-0.2, 0) is 21.9 Å². The van der Waals surface area contributed by atoms with Gasteiger partial charge >= 0.3 is 0 Å². The fourth-order valence-corrected chi connectivity index (χ4v) is 4.68. The van der Waals surface area contributed by atoms with Gasteiger partial charge in [0.05, 0.1) is 5.75 Å². The van der Waals surface area contributed by atoms with E-state index in [0.717, 1.165) is 36.8 Å². The van der Waals surface area contributed by atoms with Gasteiger partial charge in [-0.1, -0.05) is 48.7 Å². The largest absolute Gasteiger partial charge is 0.352 e. The van der Waals surface area contributed by atoms with Crippen LogP contribution in [-0.4, -0.2) is 34.6 Å². The minimum atomic E-state index is -0.603. The van der Waals surface area contributed by atoms with Gasteiger partial charge in [0, 0.05) is 23.4 Å². The molecule has 0 unspecified atom stereocenters. The summed E-state index contributed by atoms with van der Waals surface area (Å²) in [5.74, 6) is 0.357. The Balaban J connectivity index is 1.64. The highest BCUT2D eigenvalue weighted by Crippen LogP contribution is 2.20. The molecule has 7 heteroatoms. The van der Waals surface area contributed by atoms with Crippen LogP contribution in [0.3, 0.4) is 0 Å². The molecule has 0 heterocycles. The molecule has 2 aromatic carbocycles. The molecule has 1 aliphatic carbocycles. The fourth-order valence-electron chi connectivity index (χ4n) is 3.68. The van der Waals surface area contributed by atoms with Gasteiger partial charge in [0.2, 0.25) is 11.8 Å². The second-order valence-corrected chi connectivity index (χ2v) is 9.36. The Labute approximate surface area is 192 Å². The smallest absolute Gasteiger partial charge is 0.242 e. The number of nitrogens with zero attached hydrogens (tertiary/aromatic N) is 1. The minimum Gasteiger partial charge on any atom is -0.352 e. The van der Waals surface area contributed by atoms with Crippen molar-refractivity contribution < 1.29 is 14.0 Å². The predicted molar refractivity (Wildman–Crippen MR) is 124 cm³/mol. The summed E-state index contributed by atoms with van der Waals surface area (Å²) >= 11 is 7.42. The van der Waals surface area contributed by atoms with Crippen LogP contribution in [0.1, 0.15) is 43.7 Å². The molecular weight excluding hydrogens is 435 g/mol. The van der Waals surface area contributed by atoms with E-state index in [4.69, 9.17) is 11.6 Å². The quantitative estimate of drug-likeness (QED) is 0.558. The van der Waals surface area contributed by atoms with E-state index in [-0.39, 0.29) is 36.0 Å². The molecule has 31 heavy (non-hydrogen) atoms. The van der Waals surface area contributed by atoms with Crippen LogP contribution in [0.25, 0.3) is 0 Å². The summed E-state index contributed by atoms with van der Waals surface area (Å²) in [6, 6.07) is 13.2. The van der Waals surface area contributed by atoms with Crippen LogP contribution in [0.15, 0.2) is 48.5 Å². The van der Waals surface area contributed by atoms with Gasteiger partial charge in [-0.15, -0.1) is 11.8 Å². The molecule has 3 rings (SSSR count). The Bertz CT molecular complexity index is 870. The third kappa shape index (κ3) is 7.25. The zero-order valence-corrected chi connectivity index (χ0v) is 19.2. The van der Waals surface area contributed by atoms with Gasteiger partial charge in [0.15, 0.2) is 0 Å². The van der Waals surface area contributed by atoms with Crippen LogP contribution in [0.5, 0.6) is 0 Å². The second kappa shape index (κ2) is 11.5. The molecule has 2 amide bonds. The molecule has 2 aromatic rings. The molecule has 1 saturated carbocycles. The third-order valence-corrected chi connectivity index (χ3v) is 6.78. The number of carbonyl (C=O) groups is 2. The lowest BCUT2D eigenvalue weighted by molar-refractivity contribution is -0.138. The zero-order valence-electron chi connectivity index (χ0n) is 17.7. The number of benzene rings is 2. The van der Waals surface area contributed by atoms with Crippen LogP contribution in [0, 0.1) is 5.82 Å². The SMILES string of the molecule is C[C@@H](C(=O)NC1CCCC1)N(Cc1ccc(F)cc1)C(=O)CSCc1ccc(Cl)cc1. The highest BCUT2D eigenvalue weighted by atomic mass is 35.5. The van der Waals surface area contributed by atoms with Gasteiger partial charge in [-0.05, 0) is 55.2 Å². The molecule has 0 radical (unpaired) electrons. The molecule has 0 aromatic heterocycles. The summed E-state index contributed by atoms with van der Waals surface area (Å²) in [4.78, 5) is 27.5. The lowest BCUT2D eigenvalue weighted by Crippen LogP contribution is -2.50. The highest BCUT2D eigenvalue weighted by Gasteiger charge is 2.28. The molecule has 4 nitrogen and oxygen atoms in total. The van der Waals surface area contributed by atoms with Crippen molar-refractivity contribution in [1.82, 2.24) is 10.2 Å². The normalized spacial score (nSPS) is 14.9. The van der Waals surface area contributed by atoms with Crippen LogP contribution in [0.4, 0.5) is 4.39 Å². The van der Waals surface area contributed by atoms with E-state index in [1.807, 2.05) is 24.3 Å². The van der Waals surface area contributed by atoms with Gasteiger partial charge in [0.1, 0.15) is 11.9 Å². The number of thioether (sulfide) groups is 1. The average Bonchev–Trinajstić information content (AvgIpc) is 3.27. The molecule has 1 N–H and O–H groups in total. The van der Waals surface area contributed by atoms with Crippen molar-refractivity contribution in [3.63, 3.8) is 0 Å². The summed E-state index contributed by atoms with van der Waals surface area (Å²) in [7, 11) is 0. The number of nitrogens with one attached hydrogen (secondary N) is 1. The van der Waals surface area contributed by atoms with E-state index in [1.54, 1.807) is 24.0 Å². The van der Waals surface area contributed by atoms with Crippen molar-refractivity contribution in [2.24, 2.45) is 0 Å². The van der Waals surface area contributed by atoms with Gasteiger partial charge in [-0.3, -0.25) is 9.59 Å². The van der Waals surface area contributed by atoms with Gasteiger partial charge in [-0.25, -0.2) is 4.39 Å². The Morgan fingerprint density at radius 2 is 1.71 bits per heavy atom. The molecule has 0 spiro atoms.